The van der Waals surface area contributed by atoms with Crippen molar-refractivity contribution in [3.05, 3.63) is 84.4 Å². The van der Waals surface area contributed by atoms with Crippen LogP contribution in [0.25, 0.3) is 0 Å². The molecule has 0 aliphatic rings. The summed E-state index contributed by atoms with van der Waals surface area (Å²) in [4.78, 5) is 26.1. The third-order valence-electron chi connectivity index (χ3n) is 4.10. The molecule has 0 radical (unpaired) electrons. The Morgan fingerprint density at radius 2 is 1.55 bits per heavy atom. The van der Waals surface area contributed by atoms with E-state index < -0.39 is 6.09 Å². The summed E-state index contributed by atoms with van der Waals surface area (Å²) in [5, 5.41) is 8.33. The number of hydrogen-bond donors (Lipinski definition) is 3. The molecule has 3 N–H and O–H groups in total. The van der Waals surface area contributed by atoms with Crippen molar-refractivity contribution in [2.24, 2.45) is 0 Å². The fourth-order valence-electron chi connectivity index (χ4n) is 2.70. The first-order valence-corrected chi connectivity index (χ1v) is 10.6. The maximum Gasteiger partial charge on any atom is 0.413 e. The van der Waals surface area contributed by atoms with Crippen LogP contribution in [0.3, 0.4) is 0 Å². The van der Waals surface area contributed by atoms with E-state index in [-0.39, 0.29) is 17.4 Å². The highest BCUT2D eigenvalue weighted by Crippen LogP contribution is 2.33. The molecular weight excluding hydrogens is 430 g/mol. The molecule has 3 aromatic rings. The molecule has 0 atom stereocenters. The lowest BCUT2D eigenvalue weighted by Gasteiger charge is -2.15. The van der Waals surface area contributed by atoms with Crippen LogP contribution in [-0.2, 0) is 16.0 Å². The van der Waals surface area contributed by atoms with E-state index in [9.17, 15) is 9.59 Å². The van der Waals surface area contributed by atoms with Gasteiger partial charge in [-0.05, 0) is 48.1 Å². The predicted octanol–water partition coefficient (Wildman–Crippen LogP) is 5.07. The van der Waals surface area contributed by atoms with Crippen molar-refractivity contribution in [1.29, 1.82) is 0 Å². The Kier molecular flexibility index (Phi) is 8.03. The van der Waals surface area contributed by atoms with E-state index in [2.05, 4.69) is 20.7 Å². The van der Waals surface area contributed by atoms with Gasteiger partial charge in [-0.3, -0.25) is 10.1 Å². The minimum Gasteiger partial charge on any atom is -0.453 e. The Hall–Kier alpha value is -3.36. The molecule has 0 aromatic heterocycles. The topological polar surface area (TPSA) is 79.5 Å². The number of carbonyl (C=O) groups is 2. The zero-order chi connectivity index (χ0) is 22.1. The number of nitrogens with one attached hydrogen (secondary N) is 3. The molecule has 0 spiro atoms. The van der Waals surface area contributed by atoms with Gasteiger partial charge in [-0.15, -0.1) is 0 Å². The van der Waals surface area contributed by atoms with Crippen LogP contribution in [0.4, 0.5) is 16.2 Å². The Labute approximate surface area is 190 Å². The van der Waals surface area contributed by atoms with Gasteiger partial charge in [-0.2, -0.15) is 0 Å². The van der Waals surface area contributed by atoms with Crippen molar-refractivity contribution in [2.75, 3.05) is 17.7 Å². The smallest absolute Gasteiger partial charge is 0.413 e. The summed E-state index contributed by atoms with van der Waals surface area (Å²) in [6.07, 6.45) is -0.440. The van der Waals surface area contributed by atoms with Crippen LogP contribution < -0.4 is 16.0 Å². The predicted molar refractivity (Wildman–Crippen MR) is 128 cm³/mol. The molecule has 158 valence electrons. The Morgan fingerprint density at radius 1 is 0.871 bits per heavy atom. The molecule has 0 fully saturated rings. The van der Waals surface area contributed by atoms with Gasteiger partial charge in [0, 0.05) is 9.79 Å². The third kappa shape index (κ3) is 7.13. The van der Waals surface area contributed by atoms with Crippen LogP contribution in [0.5, 0.6) is 0 Å². The Bertz CT molecular complexity index is 1060. The zero-order valence-electron chi connectivity index (χ0n) is 16.8. The van der Waals surface area contributed by atoms with E-state index >= 15 is 0 Å². The van der Waals surface area contributed by atoms with E-state index in [4.69, 9.17) is 12.2 Å². The number of alkyl carbamates (subject to hydrolysis) is 1. The second kappa shape index (κ2) is 11.1. The second-order valence-corrected chi connectivity index (χ2v) is 7.96. The first-order chi connectivity index (χ1) is 15.0. The van der Waals surface area contributed by atoms with E-state index in [0.717, 1.165) is 15.4 Å². The average Bonchev–Trinajstić information content (AvgIpc) is 2.76. The Balaban J connectivity index is 1.80. The first-order valence-electron chi connectivity index (χ1n) is 9.40. The molecular formula is C23H21N3O3S2. The molecule has 0 saturated carbocycles. The van der Waals surface area contributed by atoms with Crippen LogP contribution in [0.15, 0.2) is 88.7 Å². The molecule has 0 aliphatic carbocycles. The van der Waals surface area contributed by atoms with E-state index in [1.54, 1.807) is 17.8 Å². The lowest BCUT2D eigenvalue weighted by atomic mass is 10.1. The number of hydrogen-bond acceptors (Lipinski definition) is 5. The molecule has 0 saturated heterocycles. The minimum absolute atomic E-state index is 0.0638. The van der Waals surface area contributed by atoms with E-state index in [1.165, 1.54) is 7.11 Å². The maximum absolute atomic E-state index is 12.6. The number of thiocarbonyl (C=S) groups is 1. The van der Waals surface area contributed by atoms with Crippen molar-refractivity contribution in [2.45, 2.75) is 16.2 Å². The number of rotatable bonds is 6. The quantitative estimate of drug-likeness (QED) is 0.454. The Morgan fingerprint density at radius 3 is 2.23 bits per heavy atom. The van der Waals surface area contributed by atoms with Crippen molar-refractivity contribution < 1.29 is 14.3 Å². The molecule has 2 amide bonds. The molecule has 3 aromatic carbocycles. The summed E-state index contributed by atoms with van der Waals surface area (Å²) in [7, 11) is 1.25. The van der Waals surface area contributed by atoms with Gasteiger partial charge in [0.05, 0.1) is 24.9 Å². The molecule has 0 aliphatic heterocycles. The lowest BCUT2D eigenvalue weighted by Crippen LogP contribution is -2.34. The SMILES string of the molecule is COC(=O)NC(=S)Nc1ccc(Sc2ccccc2)cc1NC(=O)Cc1ccccc1. The summed E-state index contributed by atoms with van der Waals surface area (Å²) < 4.78 is 4.55. The highest BCUT2D eigenvalue weighted by molar-refractivity contribution is 7.99. The van der Waals surface area contributed by atoms with Crippen LogP contribution >= 0.6 is 24.0 Å². The number of amides is 2. The van der Waals surface area contributed by atoms with Gasteiger partial charge in [0.1, 0.15) is 0 Å². The van der Waals surface area contributed by atoms with Gasteiger partial charge in [0.15, 0.2) is 5.11 Å². The van der Waals surface area contributed by atoms with Gasteiger partial charge < -0.3 is 15.4 Å². The fraction of sp³-hybridized carbons (Fsp3) is 0.0870. The number of methoxy groups -OCH3 is 1. The molecule has 31 heavy (non-hydrogen) atoms. The third-order valence-corrected chi connectivity index (χ3v) is 5.30. The molecule has 0 bridgehead atoms. The molecule has 6 nitrogen and oxygen atoms in total. The summed E-state index contributed by atoms with van der Waals surface area (Å²) in [6.45, 7) is 0. The molecule has 0 heterocycles. The minimum atomic E-state index is -0.677. The second-order valence-electron chi connectivity index (χ2n) is 6.40. The van der Waals surface area contributed by atoms with Crippen LogP contribution in [0.1, 0.15) is 5.56 Å². The normalized spacial score (nSPS) is 10.1. The number of carbonyl (C=O) groups excluding carboxylic acids is 2. The van der Waals surface area contributed by atoms with Crippen molar-refractivity contribution in [1.82, 2.24) is 5.32 Å². The fourth-order valence-corrected chi connectivity index (χ4v) is 3.77. The number of anilines is 2. The summed E-state index contributed by atoms with van der Waals surface area (Å²) >= 11 is 6.73. The summed E-state index contributed by atoms with van der Waals surface area (Å²) in [6, 6.07) is 25.0. The number of benzene rings is 3. The standard InChI is InChI=1S/C23H21N3O3S2/c1-29-23(28)26-22(30)25-19-13-12-18(31-17-10-6-3-7-11-17)15-20(19)24-21(27)14-16-8-4-2-5-9-16/h2-13,15H,14H2,1H3,(H,24,27)(H2,25,26,28,30). The first kappa shape index (κ1) is 22.3. The van der Waals surface area contributed by atoms with E-state index in [1.807, 2.05) is 72.8 Å². The number of ether oxygens (including phenoxy) is 1. The van der Waals surface area contributed by atoms with Gasteiger partial charge in [-0.25, -0.2) is 4.79 Å². The monoisotopic (exact) mass is 451 g/mol. The van der Waals surface area contributed by atoms with Crippen molar-refractivity contribution in [3.63, 3.8) is 0 Å². The van der Waals surface area contributed by atoms with Gasteiger partial charge >= 0.3 is 6.09 Å². The van der Waals surface area contributed by atoms with Crippen LogP contribution in [0, 0.1) is 0 Å². The highest BCUT2D eigenvalue weighted by atomic mass is 32.2. The van der Waals surface area contributed by atoms with E-state index in [0.29, 0.717) is 11.4 Å². The molecule has 8 heteroatoms. The van der Waals surface area contributed by atoms with Crippen LogP contribution in [0.2, 0.25) is 0 Å². The highest BCUT2D eigenvalue weighted by Gasteiger charge is 2.12. The van der Waals surface area contributed by atoms with Crippen molar-refractivity contribution in [3.8, 4) is 0 Å². The molecule has 3 rings (SSSR count). The van der Waals surface area contributed by atoms with Crippen LogP contribution in [-0.4, -0.2) is 24.2 Å². The lowest BCUT2D eigenvalue weighted by molar-refractivity contribution is -0.115. The van der Waals surface area contributed by atoms with Gasteiger partial charge in [0.2, 0.25) is 5.91 Å². The summed E-state index contributed by atoms with van der Waals surface area (Å²) in [5.41, 5.74) is 2.02. The van der Waals surface area contributed by atoms with Crippen molar-refractivity contribution >= 4 is 52.5 Å². The maximum atomic E-state index is 12.6. The molecule has 0 unspecified atom stereocenters. The largest absolute Gasteiger partial charge is 0.453 e. The average molecular weight is 452 g/mol. The zero-order valence-corrected chi connectivity index (χ0v) is 18.4. The summed E-state index contributed by atoms with van der Waals surface area (Å²) in [5.74, 6) is -0.164. The van der Waals surface area contributed by atoms with Gasteiger partial charge in [-0.1, -0.05) is 60.3 Å². The van der Waals surface area contributed by atoms with Gasteiger partial charge in [0.25, 0.3) is 0 Å².